The number of hydrogen-bond donors (Lipinski definition) is 25. The van der Waals surface area contributed by atoms with E-state index in [-0.39, 0.29) is 62.7 Å². The number of carboxylic acids is 1. The number of aliphatic hydroxyl groups excluding tert-OH is 1. The first-order valence-corrected chi connectivity index (χ1v) is 40.9. The fraction of sp³-hybridized carbons (Fsp3) is 0.494. The van der Waals surface area contributed by atoms with Gasteiger partial charge in [-0.25, -0.2) is 0 Å². The maximum atomic E-state index is 15.3. The number of H-pyrrole nitrogens is 2. The van der Waals surface area contributed by atoms with E-state index in [0.29, 0.717) is 57.9 Å². The minimum Gasteiger partial charge on any atom is -0.508 e. The first-order valence-electron chi connectivity index (χ1n) is 39.6. The van der Waals surface area contributed by atoms with Crippen LogP contribution in [0.1, 0.15) is 121 Å². The number of ether oxygens (including phenoxy) is 1. The number of hydrogen-bond acceptors (Lipinski definition) is 24. The Morgan fingerprint density at radius 2 is 0.854 bits per heavy atom. The number of carbonyl (C=O) groups excluding carboxylic acids is 17. The molecule has 44 heteroatoms. The fourth-order valence-electron chi connectivity index (χ4n) is 12.6. The second-order valence-corrected chi connectivity index (χ2v) is 30.4. The molecule has 0 bridgehead atoms. The number of aliphatic carboxylic acids is 1. The summed E-state index contributed by atoms with van der Waals surface area (Å²) >= 11 is 8.46. The summed E-state index contributed by atoms with van der Waals surface area (Å²) in [5.41, 5.74) is 29.7. The highest BCUT2D eigenvalue weighted by atomic mass is 32.1. The number of aromatic hydroxyl groups is 1. The summed E-state index contributed by atoms with van der Waals surface area (Å²) in [7, 11) is 0. The van der Waals surface area contributed by atoms with Gasteiger partial charge in [0.15, 0.2) is 0 Å². The largest absolute Gasteiger partial charge is 0.508 e. The van der Waals surface area contributed by atoms with Gasteiger partial charge in [-0.1, -0.05) is 62.4 Å². The van der Waals surface area contributed by atoms with E-state index in [1.807, 2.05) is 0 Å². The second kappa shape index (κ2) is 51.4. The van der Waals surface area contributed by atoms with E-state index in [2.05, 4.69) is 104 Å². The number of aromatic amines is 2. The van der Waals surface area contributed by atoms with Crippen molar-refractivity contribution in [3.8, 4) is 5.75 Å². The number of unbranched alkanes of at least 4 members (excludes halogenated alkanes) is 1. The third-order valence-electron chi connectivity index (χ3n) is 19.2. The van der Waals surface area contributed by atoms with Crippen molar-refractivity contribution in [3.63, 3.8) is 0 Å². The van der Waals surface area contributed by atoms with Crippen LogP contribution in [0.25, 0.3) is 21.8 Å². The first kappa shape index (κ1) is 101. The number of rotatable bonds is 56. The van der Waals surface area contributed by atoms with Gasteiger partial charge < -0.3 is 128 Å². The van der Waals surface area contributed by atoms with Crippen molar-refractivity contribution >= 4 is 153 Å². The monoisotopic (exact) mass is 1760 g/mol. The average Bonchev–Trinajstić information content (AvgIpc) is 1.70. The van der Waals surface area contributed by atoms with Crippen LogP contribution in [0.2, 0.25) is 0 Å². The highest BCUT2D eigenvalue weighted by molar-refractivity contribution is 7.80. The van der Waals surface area contributed by atoms with E-state index in [1.54, 1.807) is 68.6 Å². The molecule has 0 fully saturated rings. The van der Waals surface area contributed by atoms with Crippen molar-refractivity contribution in [3.05, 3.63) is 102 Å². The Hall–Kier alpha value is -12.4. The number of phenols is 1. The number of benzene rings is 3. The van der Waals surface area contributed by atoms with E-state index in [4.69, 9.17) is 33.4 Å². The van der Waals surface area contributed by atoms with E-state index in [1.165, 1.54) is 30.5 Å². The number of nitrogens with two attached hydrogens (primary N) is 5. The third-order valence-corrected chi connectivity index (χ3v) is 20.0. The molecule has 123 heavy (non-hydrogen) atoms. The fourth-order valence-corrected chi connectivity index (χ4v) is 13.2. The van der Waals surface area contributed by atoms with Crippen molar-refractivity contribution < 1.29 is 106 Å². The molecule has 0 saturated heterocycles. The zero-order valence-electron chi connectivity index (χ0n) is 68.4. The van der Waals surface area contributed by atoms with E-state index in [9.17, 15) is 92.0 Å². The molecule has 5 rings (SSSR count). The number of phenolic OH excluding ortho intramolecular Hbond substituents is 1. The number of aromatic nitrogens is 2. The standard InChI is InChI=1S/C79H112N20O22S2/c1-40(2)16-21-52(70(111)90-55(24-27-66(107)108)71(112)96-59(34-64(83)105)69(110)85-29-30-121-37-65(106)89-51(68(84)109)15-9-10-28-80)91-75(116)57(32-44-35-86-49-13-7-5-11-47(44)49)95-74(115)56(31-43-17-19-46(102)20-18-43)94-78(119)61(39-123)98-72(113)53(22-25-62(81)103)92-76(117)58(33-45-36-87-50-14-8-6-12-48(45)50)97-79(120)67(41(3)100)99-73(114)54(23-26-63(82)104)93-77(118)60(38-122)88-42(4)101/h5-8,11-14,17-20,35-36,40-41,51-61,67,86-87,100,102,122-123H,9-10,15-16,21-34,37-39,80H2,1-4H3,(H2,81,103)(H2,82,104)(H2,83,105)(H2,84,109)(H,85,110)(H,88,101)(H,89,106)(H,90,111)(H,91,116)(H,92,117)(H,93,118)(H,94,119)(H,95,115)(H,96,112)(H,97,120)(H,98,113)(H,99,114)(H,107,108)/t41-,51-,52+,53+,54+,55+,56+,57+,58+,59+,60+,61+,67+/m1/s1. The molecule has 0 spiro atoms. The normalized spacial score (nSPS) is 14.3. The lowest BCUT2D eigenvalue weighted by molar-refractivity contribution is -0.139. The van der Waals surface area contributed by atoms with Gasteiger partial charge in [0, 0.05) is 97.7 Å². The first-order chi connectivity index (χ1) is 58.3. The van der Waals surface area contributed by atoms with Crippen LogP contribution in [-0.4, -0.2) is 248 Å². The van der Waals surface area contributed by atoms with Gasteiger partial charge in [-0.3, -0.25) is 86.3 Å². The molecule has 0 aliphatic carbocycles. The van der Waals surface area contributed by atoms with Crippen molar-refractivity contribution in [2.75, 3.05) is 37.8 Å². The highest BCUT2D eigenvalue weighted by Gasteiger charge is 2.39. The van der Waals surface area contributed by atoms with Crippen molar-refractivity contribution in [1.29, 1.82) is 0 Å². The molecule has 2 heterocycles. The summed E-state index contributed by atoms with van der Waals surface area (Å²) in [5, 5.41) is 64.5. The lowest BCUT2D eigenvalue weighted by atomic mass is 9.99. The molecular formula is C79H112N20O22S2. The molecule has 13 atom stereocenters. The van der Waals surface area contributed by atoms with Gasteiger partial charge in [0.2, 0.25) is 100 Å². The van der Waals surface area contributed by atoms with Crippen molar-refractivity contribution in [1.82, 2.24) is 79.1 Å². The third kappa shape index (κ3) is 34.9. The van der Waals surface area contributed by atoms with E-state index >= 15 is 9.59 Å². The second-order valence-electron chi connectivity index (χ2n) is 29.6. The van der Waals surface area contributed by atoms with Crippen LogP contribution in [0.15, 0.2) is 85.2 Å². The summed E-state index contributed by atoms with van der Waals surface area (Å²) in [6.45, 7) is 5.01. The summed E-state index contributed by atoms with van der Waals surface area (Å²) in [6, 6.07) is -0.489. The molecule has 0 unspecified atom stereocenters. The molecule has 0 radical (unpaired) electrons. The van der Waals surface area contributed by atoms with Gasteiger partial charge in [-0.05, 0) is 112 Å². The van der Waals surface area contributed by atoms with Gasteiger partial charge in [0.05, 0.1) is 19.1 Å². The van der Waals surface area contributed by atoms with Gasteiger partial charge in [0.25, 0.3) is 0 Å². The summed E-state index contributed by atoms with van der Waals surface area (Å²) in [4.78, 5) is 251. The van der Waals surface area contributed by atoms with Gasteiger partial charge in [0.1, 0.15) is 84.9 Å². The zero-order valence-corrected chi connectivity index (χ0v) is 70.2. The Morgan fingerprint density at radius 1 is 0.439 bits per heavy atom. The molecule has 2 aromatic heterocycles. The van der Waals surface area contributed by atoms with Crippen LogP contribution < -0.4 is 97.8 Å². The molecule has 672 valence electrons. The minimum atomic E-state index is -1.93. The maximum absolute atomic E-state index is 15.3. The zero-order chi connectivity index (χ0) is 91.2. The van der Waals surface area contributed by atoms with Crippen molar-refractivity contribution in [2.45, 2.75) is 203 Å². The number of carbonyl (C=O) groups is 18. The number of fused-ring (bicyclic) bond motifs is 2. The molecule has 3 aromatic carbocycles. The number of primary amides is 4. The van der Waals surface area contributed by atoms with Crippen LogP contribution >= 0.6 is 25.3 Å². The van der Waals surface area contributed by atoms with E-state index in [0.717, 1.165) is 13.8 Å². The lowest BCUT2D eigenvalue weighted by Gasteiger charge is -2.29. The van der Waals surface area contributed by atoms with Crippen LogP contribution in [-0.2, 0) is 110 Å². The van der Waals surface area contributed by atoms with Crippen molar-refractivity contribution in [2.24, 2.45) is 34.6 Å². The number of aliphatic hydroxyl groups is 1. The number of thiol groups is 2. The molecular weight excluding hydrogens is 1650 g/mol. The molecule has 0 aliphatic heterocycles. The quantitative estimate of drug-likeness (QED) is 0.0128. The molecule has 17 amide bonds. The van der Waals surface area contributed by atoms with Crippen LogP contribution in [0.5, 0.6) is 5.75 Å². The average molecular weight is 1760 g/mol. The molecule has 5 aromatic rings. The SMILES string of the molecule is CC(=O)N[C@@H](CS)C(=O)N[C@@H](CCC(N)=O)C(=O)N[C@H](C(=O)N[C@@H](Cc1c[nH]c2ccccc12)C(=O)N[C@@H](CCC(N)=O)C(=O)N[C@@H](CS)C(=O)N[C@@H](Cc1ccc(O)cc1)C(=O)N[C@@H](Cc1c[nH]c2ccccc12)C(=O)N[C@@H](CCC(C)C)C(=O)N[C@@H](CCC(=O)O)C(=O)N[C@@H](CC(N)=O)C(=O)NCCOCC(=O)N[C@H](CCCCN)C(N)=O)[C@@H](C)O. The number of nitrogens with one attached hydrogen (secondary N) is 15. The van der Waals surface area contributed by atoms with Crippen LogP contribution in [0.3, 0.4) is 0 Å². The Balaban J connectivity index is 1.44. The summed E-state index contributed by atoms with van der Waals surface area (Å²) in [5.74, 6) is -19.5. The highest BCUT2D eigenvalue weighted by Crippen LogP contribution is 2.23. The topological polar surface area (TPSA) is 695 Å². The molecule has 28 N–H and O–H groups in total. The molecule has 0 saturated carbocycles. The Kier molecular flexibility index (Phi) is 42.2. The van der Waals surface area contributed by atoms with E-state index < -0.39 is 249 Å². The predicted molar refractivity (Wildman–Crippen MR) is 452 cm³/mol. The van der Waals surface area contributed by atoms with Gasteiger partial charge in [-0.15, -0.1) is 0 Å². The number of para-hydroxylation sites is 2. The minimum absolute atomic E-state index is 0.152. The molecule has 0 aliphatic rings. The summed E-state index contributed by atoms with van der Waals surface area (Å²) in [6.07, 6.45) is -2.63. The van der Waals surface area contributed by atoms with Crippen LogP contribution in [0, 0.1) is 5.92 Å². The van der Waals surface area contributed by atoms with Gasteiger partial charge >= 0.3 is 5.97 Å². The number of amides is 17. The number of carboxylic acid groups (broad SMARTS) is 1. The Bertz CT molecular complexity index is 4530. The predicted octanol–water partition coefficient (Wildman–Crippen LogP) is -5.08. The van der Waals surface area contributed by atoms with Gasteiger partial charge in [-0.2, -0.15) is 25.3 Å². The smallest absolute Gasteiger partial charge is 0.303 e. The Morgan fingerprint density at radius 3 is 1.29 bits per heavy atom. The molecule has 42 nitrogen and oxygen atoms in total. The van der Waals surface area contributed by atoms with Crippen LogP contribution in [0.4, 0.5) is 0 Å². The Labute approximate surface area is 718 Å². The maximum Gasteiger partial charge on any atom is 0.303 e. The summed E-state index contributed by atoms with van der Waals surface area (Å²) < 4.78 is 5.33. The lowest BCUT2D eigenvalue weighted by Crippen LogP contribution is -2.62.